The van der Waals surface area contributed by atoms with Gasteiger partial charge in [0.15, 0.2) is 11.5 Å². The van der Waals surface area contributed by atoms with Crippen molar-refractivity contribution in [3.05, 3.63) is 30.5 Å². The summed E-state index contributed by atoms with van der Waals surface area (Å²) >= 11 is 0. The van der Waals surface area contributed by atoms with Gasteiger partial charge in [0.1, 0.15) is 5.75 Å². The molecule has 0 aromatic heterocycles. The molecule has 0 aliphatic rings. The summed E-state index contributed by atoms with van der Waals surface area (Å²) in [5.41, 5.74) is 0. The Morgan fingerprint density at radius 3 is 2.67 bits per heavy atom. The maximum Gasteiger partial charge on any atom is 0.371 e. The van der Waals surface area contributed by atoms with Crippen molar-refractivity contribution in [1.82, 2.24) is 0 Å². The Hall–Kier alpha value is -2.17. The van der Waals surface area contributed by atoms with Crippen LogP contribution in [-0.4, -0.2) is 23.3 Å². The second kappa shape index (κ2) is 4.36. The minimum Gasteiger partial charge on any atom is -0.504 e. The van der Waals surface area contributed by atoms with E-state index in [1.807, 2.05) is 0 Å². The Morgan fingerprint density at radius 2 is 2.13 bits per heavy atom. The number of carboxylic acids is 1. The summed E-state index contributed by atoms with van der Waals surface area (Å²) in [6.45, 7) is 3.17. The summed E-state index contributed by atoms with van der Waals surface area (Å²) in [5.74, 6) is -1.52. The first-order chi connectivity index (χ1) is 7.04. The van der Waals surface area contributed by atoms with E-state index in [4.69, 9.17) is 14.6 Å². The van der Waals surface area contributed by atoms with Gasteiger partial charge < -0.3 is 19.7 Å². The van der Waals surface area contributed by atoms with Gasteiger partial charge in [-0.2, -0.15) is 0 Å². The van der Waals surface area contributed by atoms with E-state index in [0.29, 0.717) is 5.75 Å². The highest BCUT2D eigenvalue weighted by Gasteiger charge is 2.10. The maximum absolute atomic E-state index is 10.4. The van der Waals surface area contributed by atoms with Crippen molar-refractivity contribution in [2.24, 2.45) is 0 Å². The van der Waals surface area contributed by atoms with Gasteiger partial charge in [-0.05, 0) is 18.7 Å². The van der Waals surface area contributed by atoms with E-state index in [1.54, 1.807) is 0 Å². The number of aliphatic carboxylic acids is 1. The Labute approximate surface area is 86.2 Å². The van der Waals surface area contributed by atoms with Crippen LogP contribution in [-0.2, 0) is 4.79 Å². The lowest BCUT2D eigenvalue weighted by Gasteiger charge is -2.08. The first-order valence-electron chi connectivity index (χ1n) is 4.01. The molecule has 1 aromatic rings. The topological polar surface area (TPSA) is 76.0 Å². The van der Waals surface area contributed by atoms with Crippen LogP contribution >= 0.6 is 0 Å². The molecule has 0 atom stereocenters. The van der Waals surface area contributed by atoms with Crippen LogP contribution in [0.2, 0.25) is 0 Å². The normalized spacial score (nSPS) is 9.40. The van der Waals surface area contributed by atoms with Crippen molar-refractivity contribution in [1.29, 1.82) is 0 Å². The first-order valence-corrected chi connectivity index (χ1v) is 4.01. The number of ether oxygens (including phenoxy) is 2. The molecule has 0 spiro atoms. The van der Waals surface area contributed by atoms with Crippen LogP contribution in [0.15, 0.2) is 30.5 Å². The largest absolute Gasteiger partial charge is 0.504 e. The zero-order valence-electron chi connectivity index (χ0n) is 8.06. The number of hydrogen-bond acceptors (Lipinski definition) is 4. The second-order valence-corrected chi connectivity index (χ2v) is 2.66. The van der Waals surface area contributed by atoms with Gasteiger partial charge in [-0.15, -0.1) is 0 Å². The molecule has 0 heterocycles. The quantitative estimate of drug-likeness (QED) is 0.580. The van der Waals surface area contributed by atoms with Gasteiger partial charge in [-0.25, -0.2) is 4.79 Å². The van der Waals surface area contributed by atoms with Gasteiger partial charge in [-0.1, -0.05) is 0 Å². The summed E-state index contributed by atoms with van der Waals surface area (Å²) in [4.78, 5) is 10.4. The number of aromatic hydroxyl groups is 1. The molecule has 0 fully saturated rings. The number of benzene rings is 1. The average molecular weight is 210 g/mol. The van der Waals surface area contributed by atoms with Crippen molar-refractivity contribution in [3.8, 4) is 17.2 Å². The Bertz CT molecular complexity index is 397. The van der Waals surface area contributed by atoms with Crippen LogP contribution in [0.5, 0.6) is 17.2 Å². The number of rotatable bonds is 4. The second-order valence-electron chi connectivity index (χ2n) is 2.66. The lowest BCUT2D eigenvalue weighted by atomic mass is 10.3. The van der Waals surface area contributed by atoms with Crippen LogP contribution in [0.3, 0.4) is 0 Å². The van der Waals surface area contributed by atoms with E-state index in [2.05, 4.69) is 6.58 Å². The van der Waals surface area contributed by atoms with Crippen LogP contribution in [0, 0.1) is 0 Å². The molecule has 1 aromatic carbocycles. The van der Waals surface area contributed by atoms with Crippen molar-refractivity contribution < 1.29 is 24.5 Å². The number of carbonyl (C=O) groups is 1. The predicted octanol–water partition coefficient (Wildman–Crippen LogP) is 1.38. The molecule has 0 amide bonds. The number of methoxy groups -OCH3 is 1. The van der Waals surface area contributed by atoms with Crippen molar-refractivity contribution in [3.63, 3.8) is 0 Å². The Morgan fingerprint density at radius 1 is 1.47 bits per heavy atom. The van der Waals surface area contributed by atoms with E-state index in [-0.39, 0.29) is 11.5 Å². The minimum atomic E-state index is -1.29. The third-order valence-electron chi connectivity index (χ3n) is 1.64. The van der Waals surface area contributed by atoms with Gasteiger partial charge in [0.05, 0.1) is 7.11 Å². The van der Waals surface area contributed by atoms with Gasteiger partial charge in [0.25, 0.3) is 0 Å². The van der Waals surface area contributed by atoms with Gasteiger partial charge in [0.2, 0.25) is 5.76 Å². The Kier molecular flexibility index (Phi) is 3.17. The molecule has 0 unspecified atom stereocenters. The van der Waals surface area contributed by atoms with E-state index >= 15 is 0 Å². The van der Waals surface area contributed by atoms with E-state index in [9.17, 15) is 9.90 Å². The summed E-state index contributed by atoms with van der Waals surface area (Å²) in [7, 11) is 1.45. The van der Waals surface area contributed by atoms with Crippen molar-refractivity contribution in [2.75, 3.05) is 7.11 Å². The fourth-order valence-electron chi connectivity index (χ4n) is 0.880. The number of carboxylic acid groups (broad SMARTS) is 1. The zero-order valence-corrected chi connectivity index (χ0v) is 8.06. The van der Waals surface area contributed by atoms with E-state index in [0.717, 1.165) is 0 Å². The molecular formula is C10H10O5. The molecule has 80 valence electrons. The van der Waals surface area contributed by atoms with E-state index in [1.165, 1.54) is 25.3 Å². The van der Waals surface area contributed by atoms with Crippen LogP contribution < -0.4 is 9.47 Å². The summed E-state index contributed by atoms with van der Waals surface area (Å²) in [5, 5.41) is 17.9. The summed E-state index contributed by atoms with van der Waals surface area (Å²) < 4.78 is 9.71. The zero-order chi connectivity index (χ0) is 11.4. The highest BCUT2D eigenvalue weighted by atomic mass is 16.5. The molecule has 5 nitrogen and oxygen atoms in total. The minimum absolute atomic E-state index is 0.0123. The molecule has 1 rings (SSSR count). The van der Waals surface area contributed by atoms with Crippen molar-refractivity contribution >= 4 is 5.97 Å². The van der Waals surface area contributed by atoms with E-state index < -0.39 is 11.7 Å². The molecule has 0 radical (unpaired) electrons. The number of phenols is 1. The third kappa shape index (κ3) is 2.63. The standard InChI is InChI=1S/C10H10O5/c1-6(10(12)13)15-9-5-7(14-2)3-4-8(9)11/h3-5,11H,1H2,2H3,(H,12,13). The van der Waals surface area contributed by atoms with Gasteiger partial charge in [0, 0.05) is 6.07 Å². The number of hydrogen-bond donors (Lipinski definition) is 2. The monoisotopic (exact) mass is 210 g/mol. The van der Waals surface area contributed by atoms with Crippen LogP contribution in [0.4, 0.5) is 0 Å². The molecule has 0 aliphatic carbocycles. The van der Waals surface area contributed by atoms with Gasteiger partial charge in [-0.3, -0.25) is 0 Å². The summed E-state index contributed by atoms with van der Waals surface area (Å²) in [6.07, 6.45) is 0. The lowest BCUT2D eigenvalue weighted by Crippen LogP contribution is -2.06. The lowest BCUT2D eigenvalue weighted by molar-refractivity contribution is -0.135. The first kappa shape index (κ1) is 10.9. The SMILES string of the molecule is C=C(Oc1cc(OC)ccc1O)C(=O)O. The third-order valence-corrected chi connectivity index (χ3v) is 1.64. The van der Waals surface area contributed by atoms with Gasteiger partial charge >= 0.3 is 5.97 Å². The fourth-order valence-corrected chi connectivity index (χ4v) is 0.880. The molecule has 15 heavy (non-hydrogen) atoms. The fraction of sp³-hybridized carbons (Fsp3) is 0.100. The predicted molar refractivity (Wildman–Crippen MR) is 52.1 cm³/mol. The highest BCUT2D eigenvalue weighted by Crippen LogP contribution is 2.31. The number of phenolic OH excluding ortho intramolecular Hbond substituents is 1. The molecule has 2 N–H and O–H groups in total. The molecule has 0 bridgehead atoms. The highest BCUT2D eigenvalue weighted by molar-refractivity contribution is 5.84. The summed E-state index contributed by atoms with van der Waals surface area (Å²) in [6, 6.07) is 4.22. The maximum atomic E-state index is 10.4. The Balaban J connectivity index is 2.93. The smallest absolute Gasteiger partial charge is 0.371 e. The van der Waals surface area contributed by atoms with Crippen LogP contribution in [0.1, 0.15) is 0 Å². The molecular weight excluding hydrogens is 200 g/mol. The molecule has 0 saturated heterocycles. The van der Waals surface area contributed by atoms with Crippen LogP contribution in [0.25, 0.3) is 0 Å². The molecule has 0 aliphatic heterocycles. The van der Waals surface area contributed by atoms with Crippen molar-refractivity contribution in [2.45, 2.75) is 0 Å². The molecule has 5 heteroatoms. The molecule has 0 saturated carbocycles. The average Bonchev–Trinajstić information content (AvgIpc) is 2.21.